The van der Waals surface area contributed by atoms with Gasteiger partial charge in [0.1, 0.15) is 18.2 Å². The number of benzene rings is 2. The highest BCUT2D eigenvalue weighted by Crippen LogP contribution is 2.24. The highest BCUT2D eigenvalue weighted by molar-refractivity contribution is 6.30. The van der Waals surface area contributed by atoms with Crippen molar-refractivity contribution in [3.63, 3.8) is 0 Å². The maximum Gasteiger partial charge on any atom is 0.129 e. The van der Waals surface area contributed by atoms with Crippen molar-refractivity contribution < 1.29 is 9.13 Å². The summed E-state index contributed by atoms with van der Waals surface area (Å²) in [5.74, 6) is 0.492. The lowest BCUT2D eigenvalue weighted by molar-refractivity contribution is 0.258. The van der Waals surface area contributed by atoms with E-state index >= 15 is 0 Å². The van der Waals surface area contributed by atoms with Crippen LogP contribution in [0, 0.1) is 5.82 Å². The van der Waals surface area contributed by atoms with E-state index in [0.29, 0.717) is 23.2 Å². The molecule has 1 fully saturated rings. The molecule has 0 radical (unpaired) electrons. The molecular formula is C21H26ClFN2O. The Balaban J connectivity index is 1.59. The molecule has 1 unspecified atom stereocenters. The predicted octanol–water partition coefficient (Wildman–Crippen LogP) is 4.63. The van der Waals surface area contributed by atoms with Crippen LogP contribution in [0.3, 0.4) is 0 Å². The summed E-state index contributed by atoms with van der Waals surface area (Å²) in [5.41, 5.74) is 1.54. The molecule has 3 rings (SSSR count). The minimum absolute atomic E-state index is 0.202. The Bertz CT molecular complexity index is 725. The van der Waals surface area contributed by atoms with Gasteiger partial charge < -0.3 is 10.1 Å². The zero-order valence-corrected chi connectivity index (χ0v) is 15.9. The van der Waals surface area contributed by atoms with E-state index in [-0.39, 0.29) is 12.4 Å². The molecule has 0 bridgehead atoms. The third-order valence-corrected chi connectivity index (χ3v) is 5.20. The summed E-state index contributed by atoms with van der Waals surface area (Å²) in [4.78, 5) is 2.51. The molecular weight excluding hydrogens is 351 g/mol. The summed E-state index contributed by atoms with van der Waals surface area (Å²) in [7, 11) is 0. The zero-order chi connectivity index (χ0) is 18.4. The van der Waals surface area contributed by atoms with Crippen LogP contribution >= 0.6 is 11.6 Å². The molecule has 26 heavy (non-hydrogen) atoms. The van der Waals surface area contributed by atoms with Gasteiger partial charge in [-0.15, -0.1) is 0 Å². The first kappa shape index (κ1) is 19.2. The van der Waals surface area contributed by atoms with Crippen molar-refractivity contribution in [1.82, 2.24) is 10.2 Å². The summed E-state index contributed by atoms with van der Waals surface area (Å²) in [5, 5.41) is 4.21. The normalized spacial score (nSPS) is 17.6. The third-order valence-electron chi connectivity index (χ3n) is 4.96. The fourth-order valence-corrected chi connectivity index (χ4v) is 3.71. The second-order valence-electron chi connectivity index (χ2n) is 6.69. The van der Waals surface area contributed by atoms with Crippen LogP contribution in [0.15, 0.2) is 42.5 Å². The average Bonchev–Trinajstić information content (AvgIpc) is 3.10. The number of halogens is 2. The van der Waals surface area contributed by atoms with Crippen LogP contribution in [-0.4, -0.2) is 30.6 Å². The molecule has 3 nitrogen and oxygen atoms in total. The lowest BCUT2D eigenvalue weighted by Gasteiger charge is -2.23. The van der Waals surface area contributed by atoms with E-state index in [2.05, 4.69) is 17.1 Å². The molecule has 5 heteroatoms. The molecule has 2 aromatic rings. The predicted molar refractivity (Wildman–Crippen MR) is 104 cm³/mol. The smallest absolute Gasteiger partial charge is 0.129 e. The van der Waals surface area contributed by atoms with Gasteiger partial charge in [0.25, 0.3) is 0 Å². The Hall–Kier alpha value is -1.62. The van der Waals surface area contributed by atoms with Gasteiger partial charge in [0.2, 0.25) is 0 Å². The first-order chi connectivity index (χ1) is 12.7. The first-order valence-electron chi connectivity index (χ1n) is 9.26. The molecule has 0 aliphatic carbocycles. The number of likely N-dealkylation sites (tertiary alicyclic amines) is 1. The van der Waals surface area contributed by atoms with Crippen LogP contribution in [-0.2, 0) is 13.2 Å². The fourth-order valence-electron chi connectivity index (χ4n) is 3.51. The van der Waals surface area contributed by atoms with E-state index < -0.39 is 0 Å². The van der Waals surface area contributed by atoms with Crippen molar-refractivity contribution in [2.24, 2.45) is 0 Å². The lowest BCUT2D eigenvalue weighted by Crippen LogP contribution is -2.37. The van der Waals surface area contributed by atoms with Gasteiger partial charge in [-0.05, 0) is 50.2 Å². The van der Waals surface area contributed by atoms with Crippen LogP contribution in [0.4, 0.5) is 4.39 Å². The molecule has 1 N–H and O–H groups in total. The van der Waals surface area contributed by atoms with Crippen molar-refractivity contribution >= 4 is 11.6 Å². The Labute approximate surface area is 160 Å². The summed E-state index contributed by atoms with van der Waals surface area (Å²) < 4.78 is 19.7. The van der Waals surface area contributed by atoms with E-state index in [1.54, 1.807) is 18.2 Å². The van der Waals surface area contributed by atoms with Crippen molar-refractivity contribution in [2.75, 3.05) is 19.6 Å². The van der Waals surface area contributed by atoms with Crippen molar-refractivity contribution in [2.45, 2.75) is 39.0 Å². The number of likely N-dealkylation sites (N-methyl/N-ethyl adjacent to an activating group) is 1. The number of hydrogen-bond acceptors (Lipinski definition) is 3. The molecule has 0 aromatic heterocycles. The van der Waals surface area contributed by atoms with Crippen LogP contribution in [0.5, 0.6) is 5.75 Å². The molecule has 140 valence electrons. The van der Waals surface area contributed by atoms with Crippen molar-refractivity contribution in [3.8, 4) is 5.75 Å². The van der Waals surface area contributed by atoms with Gasteiger partial charge in [0.15, 0.2) is 0 Å². The Morgan fingerprint density at radius 3 is 2.88 bits per heavy atom. The number of hydrogen-bond donors (Lipinski definition) is 1. The largest absolute Gasteiger partial charge is 0.488 e. The van der Waals surface area contributed by atoms with E-state index in [9.17, 15) is 4.39 Å². The van der Waals surface area contributed by atoms with E-state index in [0.717, 1.165) is 24.4 Å². The van der Waals surface area contributed by atoms with Gasteiger partial charge in [-0.3, -0.25) is 4.90 Å². The van der Waals surface area contributed by atoms with Gasteiger partial charge >= 0.3 is 0 Å². The maximum absolute atomic E-state index is 13.8. The van der Waals surface area contributed by atoms with E-state index in [1.165, 1.54) is 25.5 Å². The molecule has 1 aliphatic rings. The second-order valence-corrected chi connectivity index (χ2v) is 7.12. The quantitative estimate of drug-likeness (QED) is 0.726. The van der Waals surface area contributed by atoms with Gasteiger partial charge in [0.05, 0.1) is 0 Å². The number of rotatable bonds is 8. The van der Waals surface area contributed by atoms with Crippen LogP contribution < -0.4 is 10.1 Å². The molecule has 1 atom stereocenters. The molecule has 1 heterocycles. The van der Waals surface area contributed by atoms with E-state index in [1.807, 2.05) is 18.2 Å². The second kappa shape index (κ2) is 9.36. The van der Waals surface area contributed by atoms with Crippen LogP contribution in [0.25, 0.3) is 0 Å². The van der Waals surface area contributed by atoms with Gasteiger partial charge in [-0.1, -0.05) is 36.7 Å². The lowest BCUT2D eigenvalue weighted by atomic mass is 10.1. The molecule has 1 aliphatic heterocycles. The summed E-state index contributed by atoms with van der Waals surface area (Å²) in [6.07, 6.45) is 2.52. The van der Waals surface area contributed by atoms with Gasteiger partial charge in [-0.25, -0.2) is 4.39 Å². The fraction of sp³-hybridized carbons (Fsp3) is 0.429. The van der Waals surface area contributed by atoms with Gasteiger partial charge in [-0.2, -0.15) is 0 Å². The average molecular weight is 377 g/mol. The summed E-state index contributed by atoms with van der Waals surface area (Å²) >= 11 is 6.16. The SMILES string of the molecule is CCN1CCCC1CNCc1cc(Cl)ccc1OCc1ccccc1F. The summed E-state index contributed by atoms with van der Waals surface area (Å²) in [6.45, 7) is 6.34. The Morgan fingerprint density at radius 1 is 1.23 bits per heavy atom. The summed E-state index contributed by atoms with van der Waals surface area (Å²) in [6, 6.07) is 12.9. The van der Waals surface area contributed by atoms with Crippen LogP contribution in [0.1, 0.15) is 30.9 Å². The highest BCUT2D eigenvalue weighted by Gasteiger charge is 2.22. The Morgan fingerprint density at radius 2 is 2.08 bits per heavy atom. The van der Waals surface area contributed by atoms with Crippen molar-refractivity contribution in [3.05, 3.63) is 64.4 Å². The maximum atomic E-state index is 13.8. The first-order valence-corrected chi connectivity index (χ1v) is 9.64. The van der Waals surface area contributed by atoms with E-state index in [4.69, 9.17) is 16.3 Å². The third kappa shape index (κ3) is 4.97. The Kier molecular flexibility index (Phi) is 6.89. The number of nitrogens with one attached hydrogen (secondary N) is 1. The molecule has 1 saturated heterocycles. The van der Waals surface area contributed by atoms with Crippen LogP contribution in [0.2, 0.25) is 5.02 Å². The topological polar surface area (TPSA) is 24.5 Å². The molecule has 0 saturated carbocycles. The zero-order valence-electron chi connectivity index (χ0n) is 15.2. The molecule has 2 aromatic carbocycles. The van der Waals surface area contributed by atoms with Crippen molar-refractivity contribution in [1.29, 1.82) is 0 Å². The highest BCUT2D eigenvalue weighted by atomic mass is 35.5. The number of nitrogens with zero attached hydrogens (tertiary/aromatic N) is 1. The monoisotopic (exact) mass is 376 g/mol. The molecule has 0 amide bonds. The number of ether oxygens (including phenoxy) is 1. The van der Waals surface area contributed by atoms with Gasteiger partial charge in [0, 0.05) is 35.3 Å². The molecule has 0 spiro atoms. The standard InChI is InChI=1S/C21H26ClFN2O/c1-2-25-11-5-7-19(25)14-24-13-17-12-18(22)9-10-21(17)26-15-16-6-3-4-8-20(16)23/h3-4,6,8-10,12,19,24H,2,5,7,11,13-15H2,1H3. The minimum atomic E-state index is -0.248. The minimum Gasteiger partial charge on any atom is -0.488 e.